The molecule has 0 saturated carbocycles. The number of imide groups is 1. The van der Waals surface area contributed by atoms with Crippen molar-refractivity contribution in [3.63, 3.8) is 0 Å². The van der Waals surface area contributed by atoms with Crippen LogP contribution in [0.3, 0.4) is 0 Å². The predicted molar refractivity (Wildman–Crippen MR) is 112 cm³/mol. The summed E-state index contributed by atoms with van der Waals surface area (Å²) in [5, 5.41) is 0. The smallest absolute Gasteiger partial charge is 0.282 e. The van der Waals surface area contributed by atoms with Crippen LogP contribution in [0, 0.1) is 25.6 Å². The van der Waals surface area contributed by atoms with Crippen LogP contribution >= 0.6 is 0 Å². The van der Waals surface area contributed by atoms with Gasteiger partial charge in [-0.15, -0.1) is 0 Å². The van der Waals surface area contributed by atoms with Crippen molar-refractivity contribution in [1.29, 1.82) is 0 Å². The Morgan fingerprint density at radius 3 is 2.45 bits per heavy atom. The molecule has 0 spiro atoms. The van der Waals surface area contributed by atoms with Crippen LogP contribution in [0.4, 0.5) is 10.1 Å². The molecule has 0 bridgehead atoms. The predicted octanol–water partition coefficient (Wildman–Crippen LogP) is 4.46. The number of carbonyl (C=O) groups is 2. The standard InChI is InChI=1S/C24H25FN2O2/c1-15-7-6-12-26(14-15)22-21(18-11-10-16(2)17(3)13-18)23(28)27(24(22)29)20-9-5-4-8-19(20)25/h4-5,8-11,13,15H,6-7,12,14H2,1-3H3. The summed E-state index contributed by atoms with van der Waals surface area (Å²) in [6.07, 6.45) is 2.06. The van der Waals surface area contributed by atoms with E-state index < -0.39 is 17.6 Å². The molecule has 2 amide bonds. The molecular formula is C24H25FN2O2. The third-order valence-corrected chi connectivity index (χ3v) is 5.92. The molecule has 0 N–H and O–H groups in total. The first-order valence-corrected chi connectivity index (χ1v) is 10.1. The Labute approximate surface area is 170 Å². The number of hydrogen-bond donors (Lipinski definition) is 0. The van der Waals surface area contributed by atoms with Crippen molar-refractivity contribution >= 4 is 23.1 Å². The second kappa shape index (κ2) is 7.47. The van der Waals surface area contributed by atoms with E-state index in [0.29, 0.717) is 29.3 Å². The molecule has 2 heterocycles. The molecule has 1 fully saturated rings. The molecule has 2 aromatic rings. The van der Waals surface area contributed by atoms with Gasteiger partial charge >= 0.3 is 0 Å². The zero-order chi connectivity index (χ0) is 20.7. The Morgan fingerprint density at radius 1 is 1.00 bits per heavy atom. The average molecular weight is 392 g/mol. The van der Waals surface area contributed by atoms with E-state index in [1.165, 1.54) is 12.1 Å². The molecule has 1 saturated heterocycles. The molecule has 2 aromatic carbocycles. The van der Waals surface area contributed by atoms with E-state index in [2.05, 4.69) is 6.92 Å². The molecule has 4 rings (SSSR count). The summed E-state index contributed by atoms with van der Waals surface area (Å²) >= 11 is 0. The fraction of sp³-hybridized carbons (Fsp3) is 0.333. The molecule has 2 aliphatic heterocycles. The summed E-state index contributed by atoms with van der Waals surface area (Å²) in [5.74, 6) is -1.05. The number of likely N-dealkylation sites (tertiary alicyclic amines) is 1. The van der Waals surface area contributed by atoms with Gasteiger partial charge in [-0.2, -0.15) is 0 Å². The minimum absolute atomic E-state index is 0.00360. The van der Waals surface area contributed by atoms with E-state index in [9.17, 15) is 14.0 Å². The van der Waals surface area contributed by atoms with Crippen molar-refractivity contribution in [1.82, 2.24) is 4.90 Å². The second-order valence-electron chi connectivity index (χ2n) is 8.11. The van der Waals surface area contributed by atoms with E-state index in [4.69, 9.17) is 0 Å². The number of halogens is 1. The number of para-hydroxylation sites is 1. The van der Waals surface area contributed by atoms with E-state index in [0.717, 1.165) is 35.4 Å². The van der Waals surface area contributed by atoms with E-state index in [1.54, 1.807) is 12.1 Å². The minimum Gasteiger partial charge on any atom is -0.366 e. The lowest BCUT2D eigenvalue weighted by molar-refractivity contribution is -0.120. The first-order valence-electron chi connectivity index (χ1n) is 10.1. The summed E-state index contributed by atoms with van der Waals surface area (Å²) in [6, 6.07) is 11.7. The largest absolute Gasteiger partial charge is 0.366 e. The fourth-order valence-electron chi connectivity index (χ4n) is 4.21. The van der Waals surface area contributed by atoms with Gasteiger partial charge in [0.25, 0.3) is 11.8 Å². The van der Waals surface area contributed by atoms with Gasteiger partial charge in [0.2, 0.25) is 0 Å². The Balaban J connectivity index is 1.87. The highest BCUT2D eigenvalue weighted by molar-refractivity contribution is 6.45. The van der Waals surface area contributed by atoms with Gasteiger partial charge in [0, 0.05) is 13.1 Å². The summed E-state index contributed by atoms with van der Waals surface area (Å²) in [4.78, 5) is 29.9. The average Bonchev–Trinajstić information content (AvgIpc) is 2.95. The molecule has 29 heavy (non-hydrogen) atoms. The molecular weight excluding hydrogens is 367 g/mol. The van der Waals surface area contributed by atoms with Gasteiger partial charge in [0.05, 0.1) is 11.3 Å². The number of carbonyl (C=O) groups excluding carboxylic acids is 2. The van der Waals surface area contributed by atoms with E-state index in [-0.39, 0.29) is 5.69 Å². The first-order chi connectivity index (χ1) is 13.9. The summed E-state index contributed by atoms with van der Waals surface area (Å²) < 4.78 is 14.5. The lowest BCUT2D eigenvalue weighted by Crippen LogP contribution is -2.39. The van der Waals surface area contributed by atoms with Gasteiger partial charge in [0.1, 0.15) is 11.5 Å². The fourth-order valence-corrected chi connectivity index (χ4v) is 4.21. The van der Waals surface area contributed by atoms with Crippen LogP contribution in [0.1, 0.15) is 36.5 Å². The normalized spacial score (nSPS) is 20.1. The Bertz CT molecular complexity index is 1030. The van der Waals surface area contributed by atoms with Crippen LogP contribution < -0.4 is 4.90 Å². The maximum atomic E-state index is 14.5. The maximum Gasteiger partial charge on any atom is 0.282 e. The van der Waals surface area contributed by atoms with Crippen molar-refractivity contribution in [2.24, 2.45) is 5.92 Å². The van der Waals surface area contributed by atoms with E-state index >= 15 is 0 Å². The van der Waals surface area contributed by atoms with Crippen LogP contribution in [-0.2, 0) is 9.59 Å². The molecule has 0 aromatic heterocycles. The molecule has 0 radical (unpaired) electrons. The van der Waals surface area contributed by atoms with Crippen LogP contribution in [0.5, 0.6) is 0 Å². The first kappa shape index (κ1) is 19.4. The van der Waals surface area contributed by atoms with Crippen LogP contribution in [-0.4, -0.2) is 29.8 Å². The number of piperidine rings is 1. The van der Waals surface area contributed by atoms with Crippen molar-refractivity contribution in [3.8, 4) is 0 Å². The summed E-state index contributed by atoms with van der Waals surface area (Å²) in [7, 11) is 0. The number of anilines is 1. The molecule has 5 heteroatoms. The quantitative estimate of drug-likeness (QED) is 0.724. The minimum atomic E-state index is -0.582. The number of nitrogens with zero attached hydrogens (tertiary/aromatic N) is 2. The number of amides is 2. The molecule has 1 unspecified atom stereocenters. The summed E-state index contributed by atoms with van der Waals surface area (Å²) in [6.45, 7) is 7.58. The van der Waals surface area contributed by atoms with Gasteiger partial charge in [-0.05, 0) is 61.4 Å². The maximum absolute atomic E-state index is 14.5. The lowest BCUT2D eigenvalue weighted by Gasteiger charge is -2.33. The molecule has 2 aliphatic rings. The van der Waals surface area contributed by atoms with Crippen LogP contribution in [0.25, 0.3) is 5.57 Å². The number of hydrogen-bond acceptors (Lipinski definition) is 3. The monoisotopic (exact) mass is 392 g/mol. The van der Waals surface area contributed by atoms with Crippen molar-refractivity contribution in [3.05, 3.63) is 70.7 Å². The number of benzene rings is 2. The molecule has 4 nitrogen and oxygen atoms in total. The Kier molecular flexibility index (Phi) is 4.99. The van der Waals surface area contributed by atoms with Crippen LogP contribution in [0.2, 0.25) is 0 Å². The zero-order valence-corrected chi connectivity index (χ0v) is 17.0. The van der Waals surface area contributed by atoms with Gasteiger partial charge in [-0.25, -0.2) is 9.29 Å². The van der Waals surface area contributed by atoms with Gasteiger partial charge in [-0.3, -0.25) is 9.59 Å². The number of rotatable bonds is 3. The molecule has 1 atom stereocenters. The van der Waals surface area contributed by atoms with Crippen LogP contribution in [0.15, 0.2) is 48.2 Å². The Morgan fingerprint density at radius 2 is 1.76 bits per heavy atom. The topological polar surface area (TPSA) is 40.6 Å². The highest BCUT2D eigenvalue weighted by atomic mass is 19.1. The van der Waals surface area contributed by atoms with Crippen molar-refractivity contribution in [2.45, 2.75) is 33.6 Å². The zero-order valence-electron chi connectivity index (χ0n) is 17.0. The van der Waals surface area contributed by atoms with Crippen molar-refractivity contribution in [2.75, 3.05) is 18.0 Å². The lowest BCUT2D eigenvalue weighted by atomic mass is 9.96. The van der Waals surface area contributed by atoms with Gasteiger partial charge in [0.15, 0.2) is 0 Å². The second-order valence-corrected chi connectivity index (χ2v) is 8.11. The third kappa shape index (κ3) is 3.35. The Hall–Kier alpha value is -2.95. The number of aryl methyl sites for hydroxylation is 2. The highest BCUT2D eigenvalue weighted by Crippen LogP contribution is 2.37. The van der Waals surface area contributed by atoms with Crippen molar-refractivity contribution < 1.29 is 14.0 Å². The molecule has 0 aliphatic carbocycles. The highest BCUT2D eigenvalue weighted by Gasteiger charge is 2.43. The SMILES string of the molecule is Cc1ccc(C2=C(N3CCCC(C)C3)C(=O)N(c3ccccc3F)C2=O)cc1C. The van der Waals surface area contributed by atoms with Gasteiger partial charge in [-0.1, -0.05) is 37.3 Å². The molecule has 150 valence electrons. The summed E-state index contributed by atoms with van der Waals surface area (Å²) in [5.41, 5.74) is 3.64. The van der Waals surface area contributed by atoms with E-state index in [1.807, 2.05) is 36.9 Å². The van der Waals surface area contributed by atoms with Gasteiger partial charge < -0.3 is 4.90 Å². The third-order valence-electron chi connectivity index (χ3n) is 5.92.